The van der Waals surface area contributed by atoms with Gasteiger partial charge >= 0.3 is 0 Å². The molecule has 3 heterocycles. The van der Waals surface area contributed by atoms with E-state index >= 15 is 0 Å². The van der Waals surface area contributed by atoms with Gasteiger partial charge in [0.25, 0.3) is 5.56 Å². The van der Waals surface area contributed by atoms with Crippen LogP contribution in [0.3, 0.4) is 0 Å². The van der Waals surface area contributed by atoms with E-state index in [0.29, 0.717) is 11.6 Å². The van der Waals surface area contributed by atoms with Gasteiger partial charge in [0.2, 0.25) is 0 Å². The van der Waals surface area contributed by atoms with Gasteiger partial charge in [-0.15, -0.1) is 5.10 Å². The van der Waals surface area contributed by atoms with E-state index < -0.39 is 0 Å². The van der Waals surface area contributed by atoms with Gasteiger partial charge in [0.15, 0.2) is 5.82 Å². The molecule has 2 fully saturated rings. The molecule has 3 aromatic rings. The number of fused-ring (bicyclic) bond motifs is 1. The highest BCUT2D eigenvalue weighted by atomic mass is 16.1. The van der Waals surface area contributed by atoms with Crippen molar-refractivity contribution in [2.45, 2.75) is 84.3 Å². The predicted molar refractivity (Wildman–Crippen MR) is 139 cm³/mol. The number of aromatic nitrogens is 5. The number of aromatic amines is 1. The van der Waals surface area contributed by atoms with E-state index in [1.165, 1.54) is 37.7 Å². The standard InChI is InChI=1S/C27H39N7O/c1-18-15-19(2)23-20(16-18)17-22(26(35)28-23)24(25-29-30-31-34(25)27(3,4)5)33-13-11-32(12-14-33)21-9-7-6-8-10-21/h15-17,21,24H,6-14H2,1-5H3,(H,28,35). The fourth-order valence-corrected chi connectivity index (χ4v) is 6.06. The average Bonchev–Trinajstić information content (AvgIpc) is 3.31. The second kappa shape index (κ2) is 9.47. The normalized spacial score (nSPS) is 19.9. The van der Waals surface area contributed by atoms with Crippen molar-refractivity contribution in [3.05, 3.63) is 51.1 Å². The maximum absolute atomic E-state index is 13.6. The van der Waals surface area contributed by atoms with Crippen molar-refractivity contribution in [1.29, 1.82) is 0 Å². The minimum atomic E-state index is -0.299. The van der Waals surface area contributed by atoms with Crippen molar-refractivity contribution >= 4 is 10.9 Å². The van der Waals surface area contributed by atoms with Crippen molar-refractivity contribution < 1.29 is 0 Å². The summed E-state index contributed by atoms with van der Waals surface area (Å²) in [6.45, 7) is 14.3. The molecule has 1 unspecified atom stereocenters. The quantitative estimate of drug-likeness (QED) is 0.613. The number of piperazine rings is 1. The molecule has 1 aliphatic heterocycles. The number of hydrogen-bond donors (Lipinski definition) is 1. The molecular formula is C27H39N7O. The molecule has 35 heavy (non-hydrogen) atoms. The summed E-state index contributed by atoms with van der Waals surface area (Å²) in [5, 5.41) is 13.9. The summed E-state index contributed by atoms with van der Waals surface area (Å²) in [5.41, 5.74) is 3.53. The first-order chi connectivity index (χ1) is 16.7. The van der Waals surface area contributed by atoms with Crippen LogP contribution in [0.15, 0.2) is 23.0 Å². The zero-order valence-electron chi connectivity index (χ0n) is 21.8. The fraction of sp³-hybridized carbons (Fsp3) is 0.630. The van der Waals surface area contributed by atoms with Crippen molar-refractivity contribution in [2.75, 3.05) is 26.2 Å². The Morgan fingerprint density at radius 3 is 2.40 bits per heavy atom. The lowest BCUT2D eigenvalue weighted by Gasteiger charge is -2.43. The van der Waals surface area contributed by atoms with Crippen LogP contribution in [0.25, 0.3) is 10.9 Å². The Labute approximate surface area is 207 Å². The van der Waals surface area contributed by atoms with E-state index in [1.807, 2.05) is 11.6 Å². The van der Waals surface area contributed by atoms with Crippen LogP contribution < -0.4 is 5.56 Å². The molecule has 1 saturated heterocycles. The van der Waals surface area contributed by atoms with Crippen LogP contribution in [0.2, 0.25) is 0 Å². The van der Waals surface area contributed by atoms with E-state index in [9.17, 15) is 4.79 Å². The summed E-state index contributed by atoms with van der Waals surface area (Å²) in [5.74, 6) is 0.734. The number of rotatable bonds is 4. The SMILES string of the molecule is Cc1cc(C)c2[nH]c(=O)c(C(c3nnnn3C(C)(C)C)N3CCN(C4CCCCC4)CC3)cc2c1. The van der Waals surface area contributed by atoms with Crippen molar-refractivity contribution in [1.82, 2.24) is 35.0 Å². The summed E-state index contributed by atoms with van der Waals surface area (Å²) in [4.78, 5) is 21.8. The molecule has 0 spiro atoms. The average molecular weight is 478 g/mol. The van der Waals surface area contributed by atoms with Crippen LogP contribution in [0.4, 0.5) is 0 Å². The molecule has 2 aliphatic rings. The first-order valence-corrected chi connectivity index (χ1v) is 13.1. The van der Waals surface area contributed by atoms with Gasteiger partial charge in [-0.25, -0.2) is 4.68 Å². The monoisotopic (exact) mass is 477 g/mol. The van der Waals surface area contributed by atoms with Gasteiger partial charge in [0.05, 0.1) is 11.1 Å². The van der Waals surface area contributed by atoms with Gasteiger partial charge in [-0.05, 0) is 81.0 Å². The third-order valence-electron chi connectivity index (χ3n) is 7.80. The van der Waals surface area contributed by atoms with Gasteiger partial charge in [-0.2, -0.15) is 0 Å². The lowest BCUT2D eigenvalue weighted by molar-refractivity contribution is 0.0606. The minimum absolute atomic E-state index is 0.0624. The number of hydrogen-bond acceptors (Lipinski definition) is 6. The highest BCUT2D eigenvalue weighted by molar-refractivity contribution is 5.83. The molecule has 8 nitrogen and oxygen atoms in total. The molecule has 1 aliphatic carbocycles. The molecule has 1 saturated carbocycles. The smallest absolute Gasteiger partial charge is 0.253 e. The van der Waals surface area contributed by atoms with E-state index in [4.69, 9.17) is 0 Å². The molecule has 1 atom stereocenters. The van der Waals surface area contributed by atoms with Gasteiger partial charge in [-0.3, -0.25) is 14.6 Å². The van der Waals surface area contributed by atoms with Gasteiger partial charge in [0, 0.05) is 37.8 Å². The summed E-state index contributed by atoms with van der Waals surface area (Å²) in [7, 11) is 0. The van der Waals surface area contributed by atoms with Crippen LogP contribution >= 0.6 is 0 Å². The molecule has 0 amide bonds. The summed E-state index contributed by atoms with van der Waals surface area (Å²) in [6.07, 6.45) is 6.69. The molecule has 0 bridgehead atoms. The first kappa shape index (κ1) is 24.1. The second-order valence-corrected chi connectivity index (χ2v) is 11.5. The second-order valence-electron chi connectivity index (χ2n) is 11.5. The Kier molecular flexibility index (Phi) is 6.53. The fourth-order valence-electron chi connectivity index (χ4n) is 6.06. The molecule has 1 aromatic carbocycles. The number of nitrogens with zero attached hydrogens (tertiary/aromatic N) is 6. The zero-order chi connectivity index (χ0) is 24.7. The van der Waals surface area contributed by atoms with E-state index in [1.54, 1.807) is 0 Å². The molecule has 1 N–H and O–H groups in total. The molecular weight excluding hydrogens is 438 g/mol. The predicted octanol–water partition coefficient (Wildman–Crippen LogP) is 3.93. The first-order valence-electron chi connectivity index (χ1n) is 13.1. The van der Waals surface area contributed by atoms with Crippen molar-refractivity contribution in [2.24, 2.45) is 0 Å². The topological polar surface area (TPSA) is 82.9 Å². The van der Waals surface area contributed by atoms with Crippen LogP contribution in [0.5, 0.6) is 0 Å². The van der Waals surface area contributed by atoms with E-state index in [2.05, 4.69) is 76.2 Å². The Morgan fingerprint density at radius 2 is 1.71 bits per heavy atom. The van der Waals surface area contributed by atoms with Crippen LogP contribution in [0, 0.1) is 13.8 Å². The molecule has 188 valence electrons. The number of benzene rings is 1. The maximum atomic E-state index is 13.6. The lowest BCUT2D eigenvalue weighted by Crippen LogP contribution is -2.52. The van der Waals surface area contributed by atoms with E-state index in [-0.39, 0.29) is 17.1 Å². The van der Waals surface area contributed by atoms with Crippen LogP contribution in [-0.2, 0) is 5.54 Å². The van der Waals surface area contributed by atoms with Gasteiger partial charge in [-0.1, -0.05) is 30.9 Å². The van der Waals surface area contributed by atoms with Crippen molar-refractivity contribution in [3.63, 3.8) is 0 Å². The Morgan fingerprint density at radius 1 is 1.00 bits per heavy atom. The highest BCUT2D eigenvalue weighted by Crippen LogP contribution is 2.32. The minimum Gasteiger partial charge on any atom is -0.321 e. The van der Waals surface area contributed by atoms with Crippen LogP contribution in [-0.4, -0.2) is 67.2 Å². The summed E-state index contributed by atoms with van der Waals surface area (Å²) < 4.78 is 1.89. The molecule has 8 heteroatoms. The Balaban J connectivity index is 1.55. The zero-order valence-corrected chi connectivity index (χ0v) is 21.8. The lowest BCUT2D eigenvalue weighted by atomic mass is 9.93. The molecule has 2 aromatic heterocycles. The van der Waals surface area contributed by atoms with E-state index in [0.717, 1.165) is 48.5 Å². The van der Waals surface area contributed by atoms with Crippen molar-refractivity contribution in [3.8, 4) is 0 Å². The summed E-state index contributed by atoms with van der Waals surface area (Å²) in [6, 6.07) is 6.73. The maximum Gasteiger partial charge on any atom is 0.253 e. The number of H-pyrrole nitrogens is 1. The van der Waals surface area contributed by atoms with Gasteiger partial charge in [0.1, 0.15) is 6.04 Å². The molecule has 0 radical (unpaired) electrons. The third-order valence-corrected chi connectivity index (χ3v) is 7.80. The highest BCUT2D eigenvalue weighted by Gasteiger charge is 2.36. The number of pyridine rings is 1. The summed E-state index contributed by atoms with van der Waals surface area (Å²) >= 11 is 0. The number of nitrogens with one attached hydrogen (secondary N) is 1. The largest absolute Gasteiger partial charge is 0.321 e. The number of tetrazole rings is 1. The van der Waals surface area contributed by atoms with Gasteiger partial charge < -0.3 is 4.98 Å². The Hall–Kier alpha value is -2.58. The third kappa shape index (κ3) is 4.78. The van der Waals surface area contributed by atoms with Crippen LogP contribution in [0.1, 0.15) is 81.4 Å². The Bertz CT molecular complexity index is 1240. The molecule has 5 rings (SSSR count). The number of aryl methyl sites for hydroxylation is 2.